The molecule has 2 aliphatic rings. The molecule has 0 aromatic heterocycles. The first-order valence-electron chi connectivity index (χ1n) is 7.55. The van der Waals surface area contributed by atoms with E-state index in [1.807, 2.05) is 0 Å². The van der Waals surface area contributed by atoms with Crippen LogP contribution in [0.3, 0.4) is 0 Å². The number of rotatable bonds is 5. The second-order valence-corrected chi connectivity index (χ2v) is 8.20. The van der Waals surface area contributed by atoms with Crippen LogP contribution in [-0.4, -0.2) is 12.1 Å². The van der Waals surface area contributed by atoms with Gasteiger partial charge in [0.15, 0.2) is 0 Å². The van der Waals surface area contributed by atoms with Crippen molar-refractivity contribution in [2.24, 2.45) is 23.2 Å². The highest BCUT2D eigenvalue weighted by Gasteiger charge is 2.53. The summed E-state index contributed by atoms with van der Waals surface area (Å²) in [5.74, 6) is 3.06. The number of nitrogens with one attached hydrogen (secondary N) is 1. The van der Waals surface area contributed by atoms with Crippen molar-refractivity contribution in [1.29, 1.82) is 0 Å². The van der Waals surface area contributed by atoms with Crippen molar-refractivity contribution in [3.8, 4) is 0 Å². The quantitative estimate of drug-likeness (QED) is 0.754. The Balaban J connectivity index is 1.89. The molecule has 0 spiro atoms. The summed E-state index contributed by atoms with van der Waals surface area (Å²) < 4.78 is 0. The van der Waals surface area contributed by atoms with Crippen LogP contribution in [0.2, 0.25) is 0 Å². The fraction of sp³-hybridized carbons (Fsp3) is 1.00. The summed E-state index contributed by atoms with van der Waals surface area (Å²) >= 11 is 0. The lowest BCUT2D eigenvalue weighted by Crippen LogP contribution is -2.43. The van der Waals surface area contributed by atoms with E-state index in [-0.39, 0.29) is 5.54 Å². The second kappa shape index (κ2) is 4.57. The molecule has 1 heteroatoms. The molecule has 2 saturated carbocycles. The maximum atomic E-state index is 3.77. The van der Waals surface area contributed by atoms with Crippen LogP contribution in [0.1, 0.15) is 66.7 Å². The van der Waals surface area contributed by atoms with Gasteiger partial charge in [0, 0.05) is 12.1 Å². The molecular formula is C16H31N. The fourth-order valence-electron chi connectivity index (χ4n) is 3.49. The molecule has 0 aromatic carbocycles. The van der Waals surface area contributed by atoms with Gasteiger partial charge in [-0.15, -0.1) is 0 Å². The third-order valence-corrected chi connectivity index (χ3v) is 4.71. The third kappa shape index (κ3) is 3.71. The molecule has 2 unspecified atom stereocenters. The lowest BCUT2D eigenvalue weighted by molar-refractivity contribution is 0.194. The predicted octanol–water partition coefficient (Wildman–Crippen LogP) is 4.23. The summed E-state index contributed by atoms with van der Waals surface area (Å²) in [6.45, 7) is 12.8. The van der Waals surface area contributed by atoms with Gasteiger partial charge in [0.25, 0.3) is 0 Å². The minimum absolute atomic E-state index is 0.275. The van der Waals surface area contributed by atoms with Gasteiger partial charge in [0.1, 0.15) is 0 Å². The largest absolute Gasteiger partial charge is 0.312 e. The van der Waals surface area contributed by atoms with Crippen LogP contribution in [-0.2, 0) is 0 Å². The molecule has 0 bridgehead atoms. The molecular weight excluding hydrogens is 206 g/mol. The molecule has 2 atom stereocenters. The molecule has 100 valence electrons. The Hall–Kier alpha value is -0.0400. The van der Waals surface area contributed by atoms with Crippen molar-refractivity contribution >= 4 is 0 Å². The third-order valence-electron chi connectivity index (χ3n) is 4.71. The normalized spacial score (nSPS) is 36.4. The van der Waals surface area contributed by atoms with Crippen LogP contribution in [0.15, 0.2) is 0 Å². The molecule has 0 aromatic rings. The zero-order valence-corrected chi connectivity index (χ0v) is 12.5. The molecule has 2 rings (SSSR count). The minimum atomic E-state index is 0.275. The standard InChI is InChI=1S/C16H31N/c1-12(2)6-7-16(11-17-15(3,4)5)9-13-8-14(13)10-16/h12-14,17H,6-11H2,1-5H3. The minimum Gasteiger partial charge on any atom is -0.312 e. The summed E-state index contributed by atoms with van der Waals surface area (Å²) in [4.78, 5) is 0. The SMILES string of the molecule is CC(C)CCC1(CNC(C)(C)C)CC2CC2C1. The summed E-state index contributed by atoms with van der Waals surface area (Å²) in [6.07, 6.45) is 7.41. The Morgan fingerprint density at radius 1 is 1.18 bits per heavy atom. The van der Waals surface area contributed by atoms with Crippen LogP contribution < -0.4 is 5.32 Å². The van der Waals surface area contributed by atoms with E-state index in [1.165, 1.54) is 32.2 Å². The van der Waals surface area contributed by atoms with Crippen molar-refractivity contribution in [2.75, 3.05) is 6.54 Å². The molecule has 0 heterocycles. The van der Waals surface area contributed by atoms with Crippen LogP contribution in [0.4, 0.5) is 0 Å². The van der Waals surface area contributed by atoms with Crippen molar-refractivity contribution in [3.63, 3.8) is 0 Å². The van der Waals surface area contributed by atoms with Crippen LogP contribution >= 0.6 is 0 Å². The Morgan fingerprint density at radius 3 is 2.24 bits per heavy atom. The van der Waals surface area contributed by atoms with E-state index < -0.39 is 0 Å². The number of fused-ring (bicyclic) bond motifs is 1. The second-order valence-electron chi connectivity index (χ2n) is 8.20. The Morgan fingerprint density at radius 2 is 1.76 bits per heavy atom. The van der Waals surface area contributed by atoms with Gasteiger partial charge in [-0.25, -0.2) is 0 Å². The summed E-state index contributed by atoms with van der Waals surface area (Å²) in [5.41, 5.74) is 0.919. The zero-order chi connectivity index (χ0) is 12.7. The van der Waals surface area contributed by atoms with Gasteiger partial charge in [-0.3, -0.25) is 0 Å². The van der Waals surface area contributed by atoms with E-state index in [9.17, 15) is 0 Å². The first-order valence-corrected chi connectivity index (χ1v) is 7.55. The molecule has 0 saturated heterocycles. The van der Waals surface area contributed by atoms with Crippen molar-refractivity contribution in [2.45, 2.75) is 72.3 Å². The topological polar surface area (TPSA) is 12.0 Å². The molecule has 2 fully saturated rings. The first kappa shape index (κ1) is 13.4. The van der Waals surface area contributed by atoms with Gasteiger partial charge in [0.05, 0.1) is 0 Å². The van der Waals surface area contributed by atoms with Crippen LogP contribution in [0, 0.1) is 23.2 Å². The summed E-state index contributed by atoms with van der Waals surface area (Å²) in [5, 5.41) is 3.77. The summed E-state index contributed by atoms with van der Waals surface area (Å²) in [6, 6.07) is 0. The van der Waals surface area contributed by atoms with Crippen molar-refractivity contribution < 1.29 is 0 Å². The Labute approximate surface area is 108 Å². The smallest absolute Gasteiger partial charge is 0.00967 e. The highest BCUT2D eigenvalue weighted by Crippen LogP contribution is 2.61. The fourth-order valence-corrected chi connectivity index (χ4v) is 3.49. The van der Waals surface area contributed by atoms with E-state index in [2.05, 4.69) is 39.9 Å². The van der Waals surface area contributed by atoms with Crippen LogP contribution in [0.25, 0.3) is 0 Å². The van der Waals surface area contributed by atoms with Crippen molar-refractivity contribution in [1.82, 2.24) is 5.32 Å². The number of hydrogen-bond donors (Lipinski definition) is 1. The molecule has 0 aliphatic heterocycles. The first-order chi connectivity index (χ1) is 7.80. The van der Waals surface area contributed by atoms with Gasteiger partial charge in [-0.05, 0) is 69.6 Å². The average Bonchev–Trinajstić information content (AvgIpc) is 2.81. The van der Waals surface area contributed by atoms with E-state index in [0.717, 1.165) is 17.8 Å². The maximum Gasteiger partial charge on any atom is 0.00967 e. The van der Waals surface area contributed by atoms with Gasteiger partial charge < -0.3 is 5.32 Å². The molecule has 0 amide bonds. The molecule has 1 nitrogen and oxygen atoms in total. The summed E-state index contributed by atoms with van der Waals surface area (Å²) in [7, 11) is 0. The van der Waals surface area contributed by atoms with Gasteiger partial charge in [-0.1, -0.05) is 20.3 Å². The molecule has 17 heavy (non-hydrogen) atoms. The lowest BCUT2D eigenvalue weighted by Gasteiger charge is -2.35. The van der Waals surface area contributed by atoms with E-state index >= 15 is 0 Å². The lowest BCUT2D eigenvalue weighted by atomic mass is 9.77. The maximum absolute atomic E-state index is 3.77. The highest BCUT2D eigenvalue weighted by atomic mass is 15.0. The monoisotopic (exact) mass is 237 g/mol. The predicted molar refractivity (Wildman–Crippen MR) is 75.1 cm³/mol. The Kier molecular flexibility index (Phi) is 3.60. The average molecular weight is 237 g/mol. The van der Waals surface area contributed by atoms with E-state index in [4.69, 9.17) is 0 Å². The van der Waals surface area contributed by atoms with Gasteiger partial charge in [0.2, 0.25) is 0 Å². The Bertz CT molecular complexity index is 251. The highest BCUT2D eigenvalue weighted by molar-refractivity contribution is 5.04. The van der Waals surface area contributed by atoms with Crippen LogP contribution in [0.5, 0.6) is 0 Å². The van der Waals surface area contributed by atoms with Gasteiger partial charge >= 0.3 is 0 Å². The van der Waals surface area contributed by atoms with E-state index in [0.29, 0.717) is 5.41 Å². The van der Waals surface area contributed by atoms with Crippen molar-refractivity contribution in [3.05, 3.63) is 0 Å². The molecule has 0 radical (unpaired) electrons. The zero-order valence-electron chi connectivity index (χ0n) is 12.5. The van der Waals surface area contributed by atoms with Gasteiger partial charge in [-0.2, -0.15) is 0 Å². The molecule has 2 aliphatic carbocycles. The molecule has 1 N–H and O–H groups in total. The van der Waals surface area contributed by atoms with E-state index in [1.54, 1.807) is 6.42 Å². The number of hydrogen-bond acceptors (Lipinski definition) is 1.